The molecule has 2 aromatic rings. The molecule has 0 atom stereocenters. The lowest BCUT2D eigenvalue weighted by atomic mass is 10.2. The van der Waals surface area contributed by atoms with E-state index in [1.165, 1.54) is 30.5 Å². The topological polar surface area (TPSA) is 42.9 Å². The first-order valence-corrected chi connectivity index (χ1v) is 6.70. The zero-order chi connectivity index (χ0) is 12.1. The number of aromatic nitrogens is 2. The first kappa shape index (κ1) is 12.3. The van der Waals surface area contributed by atoms with Crippen LogP contribution in [0.15, 0.2) is 52.4 Å². The van der Waals surface area contributed by atoms with Crippen LogP contribution in [0.2, 0.25) is 0 Å². The largest absolute Gasteiger partial charge is 0.293 e. The number of thioether (sulfide) groups is 1. The molecule has 0 unspecified atom stereocenters. The van der Waals surface area contributed by atoms with Gasteiger partial charge in [-0.15, -0.1) is 11.8 Å². The summed E-state index contributed by atoms with van der Waals surface area (Å²) in [7, 11) is 0. The summed E-state index contributed by atoms with van der Waals surface area (Å²) in [5.41, 5.74) is 0.553. The van der Waals surface area contributed by atoms with E-state index in [9.17, 15) is 4.79 Å². The summed E-state index contributed by atoms with van der Waals surface area (Å²) in [4.78, 5) is 20.5. The lowest BCUT2D eigenvalue weighted by Crippen LogP contribution is -2.03. The lowest BCUT2D eigenvalue weighted by molar-refractivity contribution is 0.102. The summed E-state index contributed by atoms with van der Waals surface area (Å²) in [5.74, 6) is 0.438. The molecule has 86 valence electrons. The Morgan fingerprint density at radius 2 is 1.82 bits per heavy atom. The normalized spacial score (nSPS) is 10.2. The van der Waals surface area contributed by atoms with Crippen LogP contribution in [0.25, 0.3) is 0 Å². The molecule has 0 N–H and O–H groups in total. The summed E-state index contributed by atoms with van der Waals surface area (Å²) in [6.45, 7) is 0. The van der Waals surface area contributed by atoms with E-state index in [-0.39, 0.29) is 5.78 Å². The van der Waals surface area contributed by atoms with Crippen LogP contribution in [-0.2, 0) is 0 Å². The van der Waals surface area contributed by atoms with Gasteiger partial charge in [-0.2, -0.15) is 0 Å². The van der Waals surface area contributed by atoms with Crippen molar-refractivity contribution in [3.05, 3.63) is 53.0 Å². The van der Waals surface area contributed by atoms with Gasteiger partial charge in [-0.1, -0.05) is 15.9 Å². The molecular formula is C12H9BrN2OS. The average Bonchev–Trinajstić information content (AvgIpc) is 2.39. The van der Waals surface area contributed by atoms with E-state index in [2.05, 4.69) is 25.9 Å². The summed E-state index contributed by atoms with van der Waals surface area (Å²) >= 11 is 4.88. The second-order valence-electron chi connectivity index (χ2n) is 3.29. The van der Waals surface area contributed by atoms with Gasteiger partial charge < -0.3 is 0 Å². The Morgan fingerprint density at radius 1 is 1.18 bits per heavy atom. The van der Waals surface area contributed by atoms with E-state index in [4.69, 9.17) is 0 Å². The van der Waals surface area contributed by atoms with Crippen molar-refractivity contribution in [2.75, 3.05) is 5.75 Å². The second-order valence-corrected chi connectivity index (χ2v) is 5.26. The first-order chi connectivity index (χ1) is 8.25. The molecule has 0 aliphatic carbocycles. The maximum absolute atomic E-state index is 11.8. The number of hydrogen-bond donors (Lipinski definition) is 0. The molecule has 0 aliphatic heterocycles. The van der Waals surface area contributed by atoms with Crippen molar-refractivity contribution in [1.82, 2.24) is 9.97 Å². The van der Waals surface area contributed by atoms with Gasteiger partial charge in [0.2, 0.25) is 0 Å². The van der Waals surface area contributed by atoms with Crippen LogP contribution in [0.5, 0.6) is 0 Å². The monoisotopic (exact) mass is 308 g/mol. The molecule has 0 aliphatic rings. The van der Waals surface area contributed by atoms with Crippen molar-refractivity contribution in [2.45, 2.75) is 4.90 Å². The minimum absolute atomic E-state index is 0.0403. The Kier molecular flexibility index (Phi) is 4.28. The van der Waals surface area contributed by atoms with Crippen molar-refractivity contribution < 1.29 is 4.79 Å². The van der Waals surface area contributed by atoms with Crippen LogP contribution < -0.4 is 0 Å². The van der Waals surface area contributed by atoms with Crippen LogP contribution in [0.4, 0.5) is 0 Å². The summed E-state index contributed by atoms with van der Waals surface area (Å²) < 4.78 is 1.03. The van der Waals surface area contributed by atoms with Crippen LogP contribution >= 0.6 is 27.7 Å². The smallest absolute Gasteiger partial charge is 0.176 e. The van der Waals surface area contributed by atoms with Gasteiger partial charge in [0.05, 0.1) is 11.3 Å². The maximum Gasteiger partial charge on any atom is 0.176 e. The standard InChI is InChI=1S/C12H9BrN2OS/c13-10-1-3-11(4-2-10)17-7-12(16)9-5-14-8-15-6-9/h1-6,8H,7H2. The molecule has 0 radical (unpaired) electrons. The number of nitrogens with zero attached hydrogens (tertiary/aromatic N) is 2. The fourth-order valence-corrected chi connectivity index (χ4v) is 2.26. The molecule has 1 aromatic carbocycles. The minimum atomic E-state index is 0.0403. The molecular weight excluding hydrogens is 300 g/mol. The summed E-state index contributed by atoms with van der Waals surface area (Å²) in [6.07, 6.45) is 4.49. The van der Waals surface area contributed by atoms with Gasteiger partial charge in [0.1, 0.15) is 6.33 Å². The van der Waals surface area contributed by atoms with Crippen molar-refractivity contribution in [1.29, 1.82) is 0 Å². The number of rotatable bonds is 4. The zero-order valence-corrected chi connectivity index (χ0v) is 11.2. The molecule has 0 spiro atoms. The molecule has 17 heavy (non-hydrogen) atoms. The Morgan fingerprint density at radius 3 is 2.47 bits per heavy atom. The highest BCUT2D eigenvalue weighted by atomic mass is 79.9. The highest BCUT2D eigenvalue weighted by molar-refractivity contribution is 9.10. The van der Waals surface area contributed by atoms with E-state index < -0.39 is 0 Å². The minimum Gasteiger partial charge on any atom is -0.293 e. The number of carbonyl (C=O) groups excluding carboxylic acids is 1. The number of carbonyl (C=O) groups is 1. The van der Waals surface area contributed by atoms with Gasteiger partial charge in [-0.3, -0.25) is 4.79 Å². The third-order valence-electron chi connectivity index (χ3n) is 2.07. The van der Waals surface area contributed by atoms with Gasteiger partial charge in [0.15, 0.2) is 5.78 Å². The molecule has 0 saturated heterocycles. The van der Waals surface area contributed by atoms with Gasteiger partial charge in [-0.05, 0) is 24.3 Å². The fraction of sp³-hybridized carbons (Fsp3) is 0.0833. The number of benzene rings is 1. The Bertz CT molecular complexity index is 502. The first-order valence-electron chi connectivity index (χ1n) is 4.92. The molecule has 2 rings (SSSR count). The van der Waals surface area contributed by atoms with Crippen LogP contribution in [-0.4, -0.2) is 21.5 Å². The second kappa shape index (κ2) is 5.93. The van der Waals surface area contributed by atoms with E-state index in [0.717, 1.165) is 9.37 Å². The molecule has 3 nitrogen and oxygen atoms in total. The Balaban J connectivity index is 1.95. The quantitative estimate of drug-likeness (QED) is 0.642. The predicted molar refractivity (Wildman–Crippen MR) is 71.2 cm³/mol. The van der Waals surface area contributed by atoms with Crippen molar-refractivity contribution in [3.63, 3.8) is 0 Å². The highest BCUT2D eigenvalue weighted by Gasteiger charge is 2.06. The van der Waals surface area contributed by atoms with E-state index in [1.54, 1.807) is 0 Å². The third-order valence-corrected chi connectivity index (χ3v) is 3.61. The van der Waals surface area contributed by atoms with Crippen molar-refractivity contribution in [2.24, 2.45) is 0 Å². The Labute approximate surface area is 112 Å². The van der Waals surface area contributed by atoms with E-state index in [0.29, 0.717) is 11.3 Å². The SMILES string of the molecule is O=C(CSc1ccc(Br)cc1)c1cncnc1. The molecule has 0 amide bonds. The number of Topliss-reactive ketones (excluding diaryl/α,β-unsaturated/α-hetero) is 1. The molecule has 1 aromatic heterocycles. The molecule has 1 heterocycles. The fourth-order valence-electron chi connectivity index (χ4n) is 1.21. The van der Waals surface area contributed by atoms with Crippen LogP contribution in [0, 0.1) is 0 Å². The Hall–Kier alpha value is -1.20. The summed E-state index contributed by atoms with van der Waals surface area (Å²) in [5, 5.41) is 0. The number of ketones is 1. The third kappa shape index (κ3) is 3.64. The molecule has 0 fully saturated rings. The lowest BCUT2D eigenvalue weighted by Gasteiger charge is -2.01. The summed E-state index contributed by atoms with van der Waals surface area (Å²) in [6, 6.07) is 7.87. The number of halogens is 1. The van der Waals surface area contributed by atoms with Gasteiger partial charge in [-0.25, -0.2) is 9.97 Å². The number of hydrogen-bond acceptors (Lipinski definition) is 4. The molecule has 5 heteroatoms. The van der Waals surface area contributed by atoms with Gasteiger partial charge >= 0.3 is 0 Å². The van der Waals surface area contributed by atoms with Crippen LogP contribution in [0.3, 0.4) is 0 Å². The highest BCUT2D eigenvalue weighted by Crippen LogP contribution is 2.21. The van der Waals surface area contributed by atoms with Crippen molar-refractivity contribution in [3.8, 4) is 0 Å². The zero-order valence-electron chi connectivity index (χ0n) is 8.84. The average molecular weight is 309 g/mol. The van der Waals surface area contributed by atoms with Crippen LogP contribution in [0.1, 0.15) is 10.4 Å². The van der Waals surface area contributed by atoms with Gasteiger partial charge in [0, 0.05) is 21.8 Å². The van der Waals surface area contributed by atoms with Gasteiger partial charge in [0.25, 0.3) is 0 Å². The maximum atomic E-state index is 11.8. The van der Waals surface area contributed by atoms with Crippen molar-refractivity contribution >= 4 is 33.5 Å². The van der Waals surface area contributed by atoms with E-state index >= 15 is 0 Å². The molecule has 0 saturated carbocycles. The predicted octanol–water partition coefficient (Wildman–Crippen LogP) is 3.21. The van der Waals surface area contributed by atoms with E-state index in [1.807, 2.05) is 24.3 Å². The molecule has 0 bridgehead atoms.